The molecule has 0 N–H and O–H groups in total. The first-order chi connectivity index (χ1) is 8.82. The molecule has 0 saturated heterocycles. The minimum Gasteiger partial charge on any atom is -0.468 e. The molecule has 3 heteroatoms. The Labute approximate surface area is 114 Å². The predicted octanol–water partition coefficient (Wildman–Crippen LogP) is 2.91. The summed E-state index contributed by atoms with van der Waals surface area (Å²) in [7, 11) is 1.35. The Morgan fingerprint density at radius 2 is 2.21 bits per heavy atom. The molecule has 1 saturated carbocycles. The largest absolute Gasteiger partial charge is 0.468 e. The molecule has 0 aromatic heterocycles. The Kier molecular flexibility index (Phi) is 3.20. The summed E-state index contributed by atoms with van der Waals surface area (Å²) in [6, 6.07) is 0. The zero-order chi connectivity index (χ0) is 14.4. The second-order valence-electron chi connectivity index (χ2n) is 6.29. The van der Waals surface area contributed by atoms with Crippen LogP contribution in [0.3, 0.4) is 0 Å². The van der Waals surface area contributed by atoms with Gasteiger partial charge in [0.05, 0.1) is 7.11 Å². The Morgan fingerprint density at radius 3 is 2.74 bits per heavy atom. The van der Waals surface area contributed by atoms with Crippen molar-refractivity contribution in [1.82, 2.24) is 0 Å². The molecule has 3 atom stereocenters. The Balaban J connectivity index is 2.54. The van der Waals surface area contributed by atoms with Crippen molar-refractivity contribution >= 4 is 11.8 Å². The zero-order valence-electron chi connectivity index (χ0n) is 12.2. The van der Waals surface area contributed by atoms with Crippen LogP contribution in [-0.2, 0) is 14.3 Å². The highest BCUT2D eigenvalue weighted by molar-refractivity contribution is 6.06. The minimum atomic E-state index is -1.05. The Bertz CT molecular complexity index is 472. The van der Waals surface area contributed by atoms with Gasteiger partial charge in [0, 0.05) is 12.3 Å². The van der Waals surface area contributed by atoms with Gasteiger partial charge in [-0.3, -0.25) is 9.59 Å². The van der Waals surface area contributed by atoms with Crippen LogP contribution in [0.2, 0.25) is 0 Å². The lowest BCUT2D eigenvalue weighted by atomic mass is 9.70. The van der Waals surface area contributed by atoms with Gasteiger partial charge >= 0.3 is 5.97 Å². The molecule has 3 nitrogen and oxygen atoms in total. The molecule has 2 aliphatic rings. The third kappa shape index (κ3) is 1.63. The van der Waals surface area contributed by atoms with Gasteiger partial charge in [0.25, 0.3) is 0 Å². The monoisotopic (exact) mass is 262 g/mol. The van der Waals surface area contributed by atoms with E-state index in [1.807, 2.05) is 0 Å². The van der Waals surface area contributed by atoms with Gasteiger partial charge in [0.15, 0.2) is 5.78 Å². The third-order valence-electron chi connectivity index (χ3n) is 5.29. The van der Waals surface area contributed by atoms with Crippen LogP contribution in [0.4, 0.5) is 0 Å². The highest BCUT2D eigenvalue weighted by Gasteiger charge is 2.64. The van der Waals surface area contributed by atoms with Crippen LogP contribution in [0.1, 0.15) is 33.6 Å². The van der Waals surface area contributed by atoms with Crippen molar-refractivity contribution in [3.8, 4) is 0 Å². The fraction of sp³-hybridized carbons (Fsp3) is 0.625. The number of hydrogen-bond donors (Lipinski definition) is 0. The summed E-state index contributed by atoms with van der Waals surface area (Å²) in [6.45, 7) is 10.1. The molecule has 0 spiro atoms. The van der Waals surface area contributed by atoms with E-state index in [9.17, 15) is 9.59 Å². The van der Waals surface area contributed by atoms with Gasteiger partial charge in [0.1, 0.15) is 5.41 Å². The average molecular weight is 262 g/mol. The van der Waals surface area contributed by atoms with Crippen LogP contribution in [0, 0.1) is 22.7 Å². The van der Waals surface area contributed by atoms with Gasteiger partial charge in [-0.05, 0) is 24.7 Å². The van der Waals surface area contributed by atoms with E-state index in [0.29, 0.717) is 12.8 Å². The Hall–Kier alpha value is -1.38. The fourth-order valence-corrected chi connectivity index (χ4v) is 3.77. The number of rotatable bonds is 3. The van der Waals surface area contributed by atoms with Crippen molar-refractivity contribution in [3.63, 3.8) is 0 Å². The number of ether oxygens (including phenoxy) is 1. The molecule has 2 aliphatic carbocycles. The van der Waals surface area contributed by atoms with E-state index in [1.54, 1.807) is 6.08 Å². The third-order valence-corrected chi connectivity index (χ3v) is 5.29. The van der Waals surface area contributed by atoms with E-state index in [1.165, 1.54) is 12.7 Å². The number of carbonyl (C=O) groups excluding carboxylic acids is 2. The van der Waals surface area contributed by atoms with Crippen LogP contribution < -0.4 is 0 Å². The van der Waals surface area contributed by atoms with E-state index in [-0.39, 0.29) is 23.0 Å². The summed E-state index contributed by atoms with van der Waals surface area (Å²) in [5, 5.41) is 0. The van der Waals surface area contributed by atoms with Gasteiger partial charge in [-0.15, -0.1) is 6.58 Å². The van der Waals surface area contributed by atoms with Crippen LogP contribution in [0.25, 0.3) is 0 Å². The molecular formula is C16H22O3. The second-order valence-corrected chi connectivity index (χ2v) is 6.29. The van der Waals surface area contributed by atoms with E-state index >= 15 is 0 Å². The summed E-state index contributed by atoms with van der Waals surface area (Å²) >= 11 is 0. The van der Waals surface area contributed by atoms with Crippen molar-refractivity contribution < 1.29 is 14.3 Å². The van der Waals surface area contributed by atoms with Crippen LogP contribution in [0.5, 0.6) is 0 Å². The summed E-state index contributed by atoms with van der Waals surface area (Å²) in [6.07, 6.45) is 4.58. The van der Waals surface area contributed by atoms with E-state index < -0.39 is 11.4 Å². The quantitative estimate of drug-likeness (QED) is 0.446. The molecule has 0 radical (unpaired) electrons. The van der Waals surface area contributed by atoms with Crippen LogP contribution in [-0.4, -0.2) is 18.9 Å². The van der Waals surface area contributed by atoms with E-state index in [0.717, 1.165) is 0 Å². The number of esters is 1. The number of methoxy groups -OCH3 is 1. The van der Waals surface area contributed by atoms with Crippen molar-refractivity contribution in [1.29, 1.82) is 0 Å². The first kappa shape index (κ1) is 14.0. The van der Waals surface area contributed by atoms with Gasteiger partial charge in [-0.1, -0.05) is 31.6 Å². The Morgan fingerprint density at radius 1 is 1.58 bits per heavy atom. The number of carbonyl (C=O) groups is 2. The maximum absolute atomic E-state index is 12.5. The van der Waals surface area contributed by atoms with Crippen LogP contribution in [0.15, 0.2) is 24.3 Å². The van der Waals surface area contributed by atoms with Gasteiger partial charge < -0.3 is 4.74 Å². The van der Waals surface area contributed by atoms with Crippen molar-refractivity contribution in [2.45, 2.75) is 33.6 Å². The summed E-state index contributed by atoms with van der Waals surface area (Å²) < 4.78 is 4.94. The fourth-order valence-electron chi connectivity index (χ4n) is 3.77. The number of fused-ring (bicyclic) bond motifs is 1. The van der Waals surface area contributed by atoms with Crippen molar-refractivity contribution in [2.24, 2.45) is 22.7 Å². The lowest BCUT2D eigenvalue weighted by Gasteiger charge is -2.32. The standard InChI is InChI=1S/C16H22O3/c1-6-7-16(14(18)19-5)12-8-10(2)15(3,4)11(12)9-13(16)17/h6,8,11-12H,1,7,9H2,2-5H3/t11-,12-,16-/m1/s1. The molecule has 1 fully saturated rings. The molecule has 0 heterocycles. The lowest BCUT2D eigenvalue weighted by Crippen LogP contribution is -2.41. The molecule has 0 amide bonds. The molecule has 0 bridgehead atoms. The molecule has 19 heavy (non-hydrogen) atoms. The minimum absolute atomic E-state index is 0.00563. The first-order valence-electron chi connectivity index (χ1n) is 6.74. The average Bonchev–Trinajstić information content (AvgIpc) is 2.75. The van der Waals surface area contributed by atoms with Crippen LogP contribution >= 0.6 is 0 Å². The molecule has 104 valence electrons. The summed E-state index contributed by atoms with van der Waals surface area (Å²) in [5.74, 6) is -0.266. The maximum Gasteiger partial charge on any atom is 0.320 e. The molecule has 0 aromatic rings. The van der Waals surface area contributed by atoms with Gasteiger partial charge in [-0.25, -0.2) is 0 Å². The normalized spacial score (nSPS) is 35.8. The highest BCUT2D eigenvalue weighted by Crippen LogP contribution is 2.60. The number of Topliss-reactive ketones (excluding diaryl/α,β-unsaturated/α-hetero) is 1. The molecule has 0 unspecified atom stereocenters. The molecular weight excluding hydrogens is 240 g/mol. The number of allylic oxidation sites excluding steroid dienone is 3. The maximum atomic E-state index is 12.5. The van der Waals surface area contributed by atoms with E-state index in [2.05, 4.69) is 33.4 Å². The van der Waals surface area contributed by atoms with Gasteiger partial charge in [0.2, 0.25) is 0 Å². The summed E-state index contributed by atoms with van der Waals surface area (Å²) in [5.41, 5.74) is 0.181. The summed E-state index contributed by atoms with van der Waals surface area (Å²) in [4.78, 5) is 24.8. The number of ketones is 1. The zero-order valence-corrected chi connectivity index (χ0v) is 12.2. The second kappa shape index (κ2) is 4.32. The highest BCUT2D eigenvalue weighted by atomic mass is 16.5. The topological polar surface area (TPSA) is 43.4 Å². The predicted molar refractivity (Wildman–Crippen MR) is 73.4 cm³/mol. The number of hydrogen-bond acceptors (Lipinski definition) is 3. The van der Waals surface area contributed by atoms with Crippen molar-refractivity contribution in [2.75, 3.05) is 7.11 Å². The van der Waals surface area contributed by atoms with Gasteiger partial charge in [-0.2, -0.15) is 0 Å². The van der Waals surface area contributed by atoms with E-state index in [4.69, 9.17) is 4.74 Å². The molecule has 0 aromatic carbocycles. The lowest BCUT2D eigenvalue weighted by molar-refractivity contribution is -0.158. The molecule has 0 aliphatic heterocycles. The molecule has 2 rings (SSSR count). The SMILES string of the molecule is C=CC[C@]1(C(=O)OC)C(=O)C[C@@H]2[C@H]1C=C(C)C2(C)C. The van der Waals surface area contributed by atoms with Crippen molar-refractivity contribution in [3.05, 3.63) is 24.3 Å². The smallest absolute Gasteiger partial charge is 0.320 e. The first-order valence-corrected chi connectivity index (χ1v) is 6.74.